The number of hydrogen-bond donors (Lipinski definition) is 2. The Labute approximate surface area is 174 Å². The second-order valence-electron chi connectivity index (χ2n) is 8.54. The quantitative estimate of drug-likeness (QED) is 0.741. The molecule has 1 saturated carbocycles. The van der Waals surface area contributed by atoms with E-state index in [-0.39, 0.29) is 34.4 Å². The molecule has 160 valence electrons. The smallest absolute Gasteiger partial charge is 0.418 e. The van der Waals surface area contributed by atoms with Gasteiger partial charge in [0.2, 0.25) is 5.95 Å². The number of carbonyl (C=O) groups excluding carboxylic acids is 1. The minimum absolute atomic E-state index is 0.00209. The Hall–Kier alpha value is -2.52. The highest BCUT2D eigenvalue weighted by molar-refractivity contribution is 6.33. The van der Waals surface area contributed by atoms with E-state index in [1.54, 1.807) is 20.8 Å². The number of halogens is 3. The van der Waals surface area contributed by atoms with Crippen LogP contribution in [0.4, 0.5) is 23.9 Å². The van der Waals surface area contributed by atoms with Crippen LogP contribution >= 0.6 is 0 Å². The van der Waals surface area contributed by atoms with Gasteiger partial charge >= 0.3 is 12.3 Å². The lowest BCUT2D eigenvalue weighted by Crippen LogP contribution is -2.42. The lowest BCUT2D eigenvalue weighted by Gasteiger charge is -2.30. The highest BCUT2D eigenvalue weighted by atomic mass is 19.4. The molecule has 1 fully saturated rings. The summed E-state index contributed by atoms with van der Waals surface area (Å²) in [6.07, 6.45) is -0.804. The Morgan fingerprint density at radius 1 is 1.13 bits per heavy atom. The van der Waals surface area contributed by atoms with E-state index in [1.165, 1.54) is 12.3 Å². The molecule has 0 bridgehead atoms. The van der Waals surface area contributed by atoms with Crippen molar-refractivity contribution < 1.29 is 22.7 Å². The normalized spacial score (nSPS) is 20.1. The zero-order chi connectivity index (χ0) is 22.1. The second kappa shape index (κ2) is 8.31. The molecule has 6 nitrogen and oxygen atoms in total. The Bertz CT molecular complexity index is 923. The molecule has 1 aromatic heterocycles. The van der Waals surface area contributed by atoms with Crippen LogP contribution in [0.1, 0.15) is 52.0 Å². The van der Waals surface area contributed by atoms with Crippen LogP contribution in [0, 0.1) is 0 Å². The van der Waals surface area contributed by atoms with Crippen molar-refractivity contribution in [1.82, 2.24) is 15.3 Å². The van der Waals surface area contributed by atoms with E-state index in [1.807, 2.05) is 0 Å². The number of anilines is 1. The van der Waals surface area contributed by atoms with Crippen molar-refractivity contribution in [1.29, 1.82) is 0 Å². The van der Waals surface area contributed by atoms with Crippen molar-refractivity contribution in [2.24, 2.45) is 0 Å². The van der Waals surface area contributed by atoms with Gasteiger partial charge in [0.25, 0.3) is 0 Å². The molecule has 1 heterocycles. The number of alkyl carbamates (subject to hydrolysis) is 1. The maximum absolute atomic E-state index is 13.4. The molecule has 1 amide bonds. The highest BCUT2D eigenvalue weighted by Gasteiger charge is 2.34. The minimum atomic E-state index is -4.56. The van der Waals surface area contributed by atoms with Gasteiger partial charge in [0, 0.05) is 23.7 Å². The molecular formula is C20H24BF3N4O2. The number of amides is 1. The number of fused-ring (bicyclic) bond motifs is 1. The van der Waals surface area contributed by atoms with Crippen LogP contribution in [0.3, 0.4) is 0 Å². The van der Waals surface area contributed by atoms with Crippen molar-refractivity contribution in [2.45, 2.75) is 70.3 Å². The average Bonchev–Trinajstić information content (AvgIpc) is 2.60. The summed E-state index contributed by atoms with van der Waals surface area (Å²) in [5.41, 5.74) is -1.62. The first-order valence-electron chi connectivity index (χ1n) is 9.80. The fourth-order valence-corrected chi connectivity index (χ4v) is 3.49. The number of benzene rings is 1. The lowest BCUT2D eigenvalue weighted by molar-refractivity contribution is -0.136. The molecule has 0 unspecified atom stereocenters. The summed E-state index contributed by atoms with van der Waals surface area (Å²) in [6.45, 7) is 5.40. The fraction of sp³-hybridized carbons (Fsp3) is 0.550. The lowest BCUT2D eigenvalue weighted by atomic mass is 9.91. The summed E-state index contributed by atoms with van der Waals surface area (Å²) in [5, 5.41) is 6.20. The standard InChI is InChI=1S/C20H24BF3N4O2/c1-19(2,3)30-18(29)27-14-6-4-13(5-7-14)26-17-25-10-11-8-12(21)9-15(16(11)28-17)20(22,23)24/h8-10,13-14H,4-7H2,1-3H3,(H,27,29)(H,25,26,28). The zero-order valence-corrected chi connectivity index (χ0v) is 17.1. The second-order valence-corrected chi connectivity index (χ2v) is 8.54. The third-order valence-corrected chi connectivity index (χ3v) is 4.79. The van der Waals surface area contributed by atoms with E-state index >= 15 is 0 Å². The predicted molar refractivity (Wildman–Crippen MR) is 109 cm³/mol. The molecule has 30 heavy (non-hydrogen) atoms. The van der Waals surface area contributed by atoms with Crippen molar-refractivity contribution >= 4 is 36.3 Å². The Kier molecular flexibility index (Phi) is 6.15. The summed E-state index contributed by atoms with van der Waals surface area (Å²) < 4.78 is 45.3. The van der Waals surface area contributed by atoms with Gasteiger partial charge in [0.1, 0.15) is 13.4 Å². The first-order chi connectivity index (χ1) is 13.9. The zero-order valence-electron chi connectivity index (χ0n) is 17.1. The number of alkyl halides is 3. The summed E-state index contributed by atoms with van der Waals surface area (Å²) >= 11 is 0. The number of ether oxygens (including phenoxy) is 1. The Balaban J connectivity index is 1.64. The summed E-state index contributed by atoms with van der Waals surface area (Å²) in [6, 6.07) is 2.30. The third-order valence-electron chi connectivity index (χ3n) is 4.79. The number of rotatable bonds is 3. The van der Waals surface area contributed by atoms with Gasteiger partial charge in [-0.25, -0.2) is 14.8 Å². The summed E-state index contributed by atoms with van der Waals surface area (Å²) in [4.78, 5) is 20.1. The molecule has 1 aliphatic rings. The summed E-state index contributed by atoms with van der Waals surface area (Å²) in [7, 11) is 5.58. The van der Waals surface area contributed by atoms with Crippen LogP contribution in [-0.2, 0) is 10.9 Å². The first kappa shape index (κ1) is 22.2. The SMILES string of the molecule is [B]c1cc(C(F)(F)F)c2nc(NC3CCC(NC(=O)OC(C)(C)C)CC3)ncc2c1. The molecule has 0 atom stereocenters. The number of carbonyl (C=O) groups is 1. The Morgan fingerprint density at radius 2 is 1.77 bits per heavy atom. The molecule has 2 radical (unpaired) electrons. The maximum atomic E-state index is 13.4. The van der Waals surface area contributed by atoms with Crippen LogP contribution in [0.2, 0.25) is 0 Å². The minimum Gasteiger partial charge on any atom is -0.444 e. The van der Waals surface area contributed by atoms with Gasteiger partial charge in [0.15, 0.2) is 0 Å². The number of hydrogen-bond acceptors (Lipinski definition) is 5. The number of nitrogens with zero attached hydrogens (tertiary/aromatic N) is 2. The number of aromatic nitrogens is 2. The highest BCUT2D eigenvalue weighted by Crippen LogP contribution is 2.33. The molecule has 0 spiro atoms. The molecule has 0 saturated heterocycles. The van der Waals surface area contributed by atoms with Crippen LogP contribution in [0.15, 0.2) is 18.3 Å². The number of nitrogens with one attached hydrogen (secondary N) is 2. The van der Waals surface area contributed by atoms with Crippen molar-refractivity contribution in [3.63, 3.8) is 0 Å². The van der Waals surface area contributed by atoms with Crippen LogP contribution in [-0.4, -0.2) is 41.6 Å². The molecular weight excluding hydrogens is 396 g/mol. The molecule has 2 aromatic rings. The molecule has 10 heteroatoms. The average molecular weight is 420 g/mol. The van der Waals surface area contributed by atoms with E-state index in [0.29, 0.717) is 0 Å². The predicted octanol–water partition coefficient (Wildman–Crippen LogP) is 3.69. The Morgan fingerprint density at radius 3 is 2.37 bits per heavy atom. The topological polar surface area (TPSA) is 76.1 Å². The van der Waals surface area contributed by atoms with Gasteiger partial charge in [-0.15, -0.1) is 0 Å². The summed E-state index contributed by atoms with van der Waals surface area (Å²) in [5.74, 6) is 0.140. The largest absolute Gasteiger partial charge is 0.444 e. The van der Waals surface area contributed by atoms with E-state index in [9.17, 15) is 18.0 Å². The first-order valence-corrected chi connectivity index (χ1v) is 9.80. The molecule has 0 aliphatic heterocycles. The van der Waals surface area contributed by atoms with Crippen molar-refractivity contribution in [3.8, 4) is 0 Å². The van der Waals surface area contributed by atoms with E-state index < -0.39 is 23.4 Å². The van der Waals surface area contributed by atoms with E-state index in [4.69, 9.17) is 12.6 Å². The van der Waals surface area contributed by atoms with Crippen molar-refractivity contribution in [2.75, 3.05) is 5.32 Å². The van der Waals surface area contributed by atoms with Gasteiger partial charge in [-0.1, -0.05) is 17.6 Å². The van der Waals surface area contributed by atoms with Gasteiger partial charge in [-0.2, -0.15) is 13.2 Å². The van der Waals surface area contributed by atoms with E-state index in [0.717, 1.165) is 31.7 Å². The van der Waals surface area contributed by atoms with Crippen molar-refractivity contribution in [3.05, 3.63) is 23.9 Å². The van der Waals surface area contributed by atoms with E-state index in [2.05, 4.69) is 20.6 Å². The fourth-order valence-electron chi connectivity index (χ4n) is 3.49. The molecule has 1 aliphatic carbocycles. The molecule has 1 aromatic carbocycles. The van der Waals surface area contributed by atoms with Gasteiger partial charge in [0.05, 0.1) is 11.1 Å². The van der Waals surface area contributed by atoms with Gasteiger partial charge in [-0.05, 0) is 46.5 Å². The third kappa shape index (κ3) is 5.76. The van der Waals surface area contributed by atoms with Crippen LogP contribution in [0.5, 0.6) is 0 Å². The maximum Gasteiger partial charge on any atom is 0.418 e. The van der Waals surface area contributed by atoms with Gasteiger partial charge in [-0.3, -0.25) is 0 Å². The van der Waals surface area contributed by atoms with Crippen LogP contribution in [0.25, 0.3) is 10.9 Å². The molecule has 2 N–H and O–H groups in total. The van der Waals surface area contributed by atoms with Crippen LogP contribution < -0.4 is 16.1 Å². The monoisotopic (exact) mass is 420 g/mol. The van der Waals surface area contributed by atoms with Gasteiger partial charge < -0.3 is 15.4 Å². The molecule has 3 rings (SSSR count).